The number of rotatable bonds is 5. The molecule has 1 aromatic carbocycles. The van der Waals surface area contributed by atoms with E-state index in [0.717, 1.165) is 24.3 Å². The van der Waals surface area contributed by atoms with Gasteiger partial charge in [0.25, 0.3) is 0 Å². The van der Waals surface area contributed by atoms with E-state index in [0.29, 0.717) is 27.8 Å². The lowest BCUT2D eigenvalue weighted by atomic mass is 9.94. The van der Waals surface area contributed by atoms with Crippen LogP contribution in [0.25, 0.3) is 21.6 Å². The molecule has 0 aliphatic heterocycles. The topological polar surface area (TPSA) is 37.3 Å². The molecule has 0 atom stereocenters. The Morgan fingerprint density at radius 1 is 0.842 bits per heavy atom. The fourth-order valence-corrected chi connectivity index (χ4v) is 6.01. The van der Waals surface area contributed by atoms with Crippen molar-refractivity contribution in [3.63, 3.8) is 0 Å². The third-order valence-corrected chi connectivity index (χ3v) is 8.06. The molecule has 0 spiro atoms. The van der Waals surface area contributed by atoms with Crippen LogP contribution >= 0.6 is 22.7 Å². The van der Waals surface area contributed by atoms with Crippen molar-refractivity contribution < 1.29 is 49.4 Å². The smallest absolute Gasteiger partial charge is 0.448 e. The highest BCUT2D eigenvalue weighted by atomic mass is 32.1. The highest BCUT2D eigenvalue weighted by Crippen LogP contribution is 2.66. The van der Waals surface area contributed by atoms with Crippen molar-refractivity contribution in [3.8, 4) is 10.4 Å². The molecular weight excluding hydrogens is 567 g/mol. The zero-order valence-corrected chi connectivity index (χ0v) is 20.8. The fraction of sp³-hybridized carbons (Fsp3) is 0.240. The van der Waals surface area contributed by atoms with Gasteiger partial charge in [-0.1, -0.05) is 30.3 Å². The summed E-state index contributed by atoms with van der Waals surface area (Å²) in [5.74, 6) is -20.3. The second-order valence-corrected chi connectivity index (χ2v) is 10.9. The minimum Gasteiger partial charge on any atom is -0.504 e. The van der Waals surface area contributed by atoms with E-state index in [9.17, 15) is 26.7 Å². The van der Waals surface area contributed by atoms with Crippen molar-refractivity contribution in [2.75, 3.05) is 0 Å². The Morgan fingerprint density at radius 3 is 1.87 bits per heavy atom. The molecule has 0 radical (unpaired) electrons. The zero-order valence-electron chi connectivity index (χ0n) is 19.2. The summed E-state index contributed by atoms with van der Waals surface area (Å²) in [6.45, 7) is 2.39. The summed E-state index contributed by atoms with van der Waals surface area (Å²) in [6, 6.07) is 9.85. The number of allylic oxidation sites excluding steroid dienone is 4. The van der Waals surface area contributed by atoms with E-state index in [1.54, 1.807) is 30.3 Å². The van der Waals surface area contributed by atoms with E-state index >= 15 is 17.6 Å². The van der Waals surface area contributed by atoms with Gasteiger partial charge in [-0.05, 0) is 42.7 Å². The molecule has 0 saturated heterocycles. The summed E-state index contributed by atoms with van der Waals surface area (Å²) in [6.07, 6.45) is -5.49. The van der Waals surface area contributed by atoms with Crippen LogP contribution in [0.3, 0.4) is 0 Å². The number of hydrogen-bond acceptors (Lipinski definition) is 4. The normalized spacial score (nSPS) is 18.8. The maximum atomic E-state index is 15.2. The quantitative estimate of drug-likeness (QED) is 0.141. The van der Waals surface area contributed by atoms with Crippen molar-refractivity contribution in [1.82, 2.24) is 0 Å². The predicted molar refractivity (Wildman–Crippen MR) is 126 cm³/mol. The van der Waals surface area contributed by atoms with Gasteiger partial charge >= 0.3 is 23.9 Å². The SMILES string of the molecule is Cc1sc(C(=O)/C=C(\O)C(F)(F)F)cc1C1=C(c2cc(-c3ccccc3)sc2C)C(F)(F)C(F)(F)C1(F)F. The first-order chi connectivity index (χ1) is 17.4. The summed E-state index contributed by atoms with van der Waals surface area (Å²) in [5.41, 5.74) is -4.19. The van der Waals surface area contributed by atoms with Gasteiger partial charge in [-0.3, -0.25) is 4.79 Å². The highest BCUT2D eigenvalue weighted by molar-refractivity contribution is 7.15. The van der Waals surface area contributed by atoms with Crippen molar-refractivity contribution in [2.24, 2.45) is 0 Å². The molecular formula is C25H15F9O2S2. The second-order valence-electron chi connectivity index (χ2n) is 8.39. The molecule has 0 amide bonds. The summed E-state index contributed by atoms with van der Waals surface area (Å²) in [5, 5.41) is 9.04. The molecule has 0 fully saturated rings. The zero-order chi connectivity index (χ0) is 28.4. The van der Waals surface area contributed by atoms with E-state index in [1.165, 1.54) is 6.92 Å². The molecule has 1 N–H and O–H groups in total. The summed E-state index contributed by atoms with van der Waals surface area (Å²) >= 11 is 1.26. The predicted octanol–water partition coefficient (Wildman–Crippen LogP) is 9.11. The molecule has 2 heterocycles. The first-order valence-corrected chi connectivity index (χ1v) is 12.2. The minimum atomic E-state index is -5.85. The van der Waals surface area contributed by atoms with Crippen LogP contribution in [0.2, 0.25) is 0 Å². The van der Waals surface area contributed by atoms with Crippen molar-refractivity contribution in [3.05, 3.63) is 80.1 Å². The third kappa shape index (κ3) is 4.25. The Hall–Kier alpha value is -3.06. The molecule has 0 saturated carbocycles. The molecule has 1 aliphatic carbocycles. The minimum absolute atomic E-state index is 0.0479. The number of benzene rings is 1. The summed E-state index contributed by atoms with van der Waals surface area (Å²) < 4.78 is 128. The maximum Gasteiger partial charge on any atom is 0.448 e. The number of halogens is 9. The van der Waals surface area contributed by atoms with Gasteiger partial charge in [-0.25, -0.2) is 0 Å². The summed E-state index contributed by atoms with van der Waals surface area (Å²) in [4.78, 5) is 11.7. The number of aryl methyl sites for hydroxylation is 2. The molecule has 3 aromatic rings. The number of hydrogen-bond donors (Lipinski definition) is 1. The van der Waals surface area contributed by atoms with E-state index < -0.39 is 62.6 Å². The monoisotopic (exact) mass is 582 g/mol. The highest BCUT2D eigenvalue weighted by Gasteiger charge is 2.80. The first-order valence-electron chi connectivity index (χ1n) is 10.6. The number of carbonyl (C=O) groups excluding carboxylic acids is 1. The van der Waals surface area contributed by atoms with Crippen LogP contribution in [0.1, 0.15) is 30.6 Å². The molecule has 2 aromatic heterocycles. The van der Waals surface area contributed by atoms with Crippen LogP contribution in [-0.4, -0.2) is 34.8 Å². The van der Waals surface area contributed by atoms with E-state index in [1.807, 2.05) is 0 Å². The molecule has 2 nitrogen and oxygen atoms in total. The fourth-order valence-electron chi connectivity index (χ4n) is 4.04. The maximum absolute atomic E-state index is 15.2. The lowest BCUT2D eigenvalue weighted by molar-refractivity contribution is -0.254. The van der Waals surface area contributed by atoms with Crippen molar-refractivity contribution in [2.45, 2.75) is 37.8 Å². The van der Waals surface area contributed by atoms with Gasteiger partial charge in [0.2, 0.25) is 5.76 Å². The Morgan fingerprint density at radius 2 is 1.34 bits per heavy atom. The Balaban J connectivity index is 1.96. The molecule has 0 unspecified atom stereocenters. The molecule has 13 heteroatoms. The number of carbonyl (C=O) groups is 1. The Kier molecular flexibility index (Phi) is 6.63. The Bertz CT molecular complexity index is 1480. The van der Waals surface area contributed by atoms with E-state index in [2.05, 4.69) is 0 Å². The van der Waals surface area contributed by atoms with Gasteiger partial charge in [0.1, 0.15) is 0 Å². The lowest BCUT2D eigenvalue weighted by Gasteiger charge is -2.25. The van der Waals surface area contributed by atoms with Crippen LogP contribution in [-0.2, 0) is 0 Å². The third-order valence-electron chi connectivity index (χ3n) is 5.90. The number of aliphatic hydroxyl groups excluding tert-OH is 1. The number of aliphatic hydroxyl groups is 1. The molecule has 202 valence electrons. The van der Waals surface area contributed by atoms with Gasteiger partial charge in [-0.15, -0.1) is 22.7 Å². The standard InChI is InChI=1S/C25H15F9O2S2/c1-11-14(8-17(37-11)13-6-4-3-5-7-13)20-21(23(28,29)25(33,34)22(20,26)27)15-9-18(38-12(15)2)16(35)10-19(36)24(30,31)32/h3-10,36H,1-2H3/b19-10-. The summed E-state index contributed by atoms with van der Waals surface area (Å²) in [7, 11) is 0. The van der Waals surface area contributed by atoms with Gasteiger partial charge in [0.15, 0.2) is 5.78 Å². The van der Waals surface area contributed by atoms with Crippen LogP contribution in [0.15, 0.2) is 54.3 Å². The van der Waals surface area contributed by atoms with Crippen LogP contribution in [0.4, 0.5) is 39.5 Å². The van der Waals surface area contributed by atoms with Crippen LogP contribution in [0, 0.1) is 13.8 Å². The first kappa shape index (κ1) is 28.0. The molecule has 38 heavy (non-hydrogen) atoms. The van der Waals surface area contributed by atoms with Gasteiger partial charge < -0.3 is 5.11 Å². The van der Waals surface area contributed by atoms with Gasteiger partial charge in [-0.2, -0.15) is 39.5 Å². The Labute approximate surface area is 217 Å². The van der Waals surface area contributed by atoms with Gasteiger partial charge in [0.05, 0.1) is 4.88 Å². The van der Waals surface area contributed by atoms with Crippen molar-refractivity contribution in [1.29, 1.82) is 0 Å². The van der Waals surface area contributed by atoms with E-state index in [4.69, 9.17) is 5.11 Å². The van der Waals surface area contributed by atoms with Crippen LogP contribution < -0.4 is 0 Å². The molecule has 1 aliphatic rings. The second kappa shape index (κ2) is 9.01. The largest absolute Gasteiger partial charge is 0.504 e. The molecule has 0 bridgehead atoms. The molecule has 4 rings (SSSR count). The van der Waals surface area contributed by atoms with Crippen LogP contribution in [0.5, 0.6) is 0 Å². The lowest BCUT2D eigenvalue weighted by Crippen LogP contribution is -2.48. The number of alkyl halides is 9. The van der Waals surface area contributed by atoms with E-state index in [-0.39, 0.29) is 15.8 Å². The average molecular weight is 583 g/mol. The average Bonchev–Trinajstić information content (AvgIpc) is 3.41. The number of thiophene rings is 2. The number of ketones is 1. The van der Waals surface area contributed by atoms with Crippen molar-refractivity contribution >= 4 is 39.6 Å². The van der Waals surface area contributed by atoms with Gasteiger partial charge in [0, 0.05) is 31.9 Å².